The van der Waals surface area contributed by atoms with Crippen LogP contribution in [-0.4, -0.2) is 78.2 Å². The molecule has 37 heavy (non-hydrogen) atoms. The highest BCUT2D eigenvalue weighted by Crippen LogP contribution is 2.32. The summed E-state index contributed by atoms with van der Waals surface area (Å²) in [6.45, 7) is -0.373. The number of hydrogen-bond acceptors (Lipinski definition) is 7. The van der Waals surface area contributed by atoms with Crippen LogP contribution in [0.5, 0.6) is 5.88 Å². The fourth-order valence-corrected chi connectivity index (χ4v) is 3.54. The van der Waals surface area contributed by atoms with Gasteiger partial charge in [0.25, 0.3) is 11.8 Å². The van der Waals surface area contributed by atoms with Crippen LogP contribution >= 0.6 is 0 Å². The Morgan fingerprint density at radius 1 is 1.08 bits per heavy atom. The lowest BCUT2D eigenvalue weighted by Gasteiger charge is -2.37. The number of ether oxygens (including phenoxy) is 1. The number of halogens is 5. The van der Waals surface area contributed by atoms with E-state index in [0.717, 1.165) is 5.39 Å². The number of carboxylic acid groups (broad SMARTS) is 1. The van der Waals surface area contributed by atoms with Gasteiger partial charge < -0.3 is 14.7 Å². The number of pyridine rings is 2. The average Bonchev–Trinajstić information content (AvgIpc) is 3.34. The lowest BCUT2D eigenvalue weighted by atomic mass is 10.0. The minimum Gasteiger partial charge on any atom is -0.475 e. The van der Waals surface area contributed by atoms with Gasteiger partial charge in [-0.3, -0.25) is 4.79 Å². The largest absolute Gasteiger partial charge is 0.490 e. The quantitative estimate of drug-likeness (QED) is 0.406. The van der Waals surface area contributed by atoms with Crippen molar-refractivity contribution in [2.45, 2.75) is 24.6 Å². The fourth-order valence-electron chi connectivity index (χ4n) is 3.54. The summed E-state index contributed by atoms with van der Waals surface area (Å²) < 4.78 is 67.8. The summed E-state index contributed by atoms with van der Waals surface area (Å²) in [6, 6.07) is 13.9. The fraction of sp³-hybridized carbons (Fsp3) is 0.273. The third-order valence-corrected chi connectivity index (χ3v) is 5.39. The molecule has 10 nitrogen and oxygen atoms in total. The molecule has 0 saturated carbocycles. The van der Waals surface area contributed by atoms with E-state index in [1.54, 1.807) is 36.5 Å². The van der Waals surface area contributed by atoms with Crippen LogP contribution in [0.25, 0.3) is 16.6 Å². The van der Waals surface area contributed by atoms with Gasteiger partial charge in [0.2, 0.25) is 5.88 Å². The second-order valence-corrected chi connectivity index (χ2v) is 7.88. The summed E-state index contributed by atoms with van der Waals surface area (Å²) in [4.78, 5) is 27.5. The van der Waals surface area contributed by atoms with E-state index in [-0.39, 0.29) is 30.2 Å². The maximum atomic E-state index is 14.6. The molecule has 4 heterocycles. The molecule has 0 radical (unpaired) electrons. The van der Waals surface area contributed by atoms with Crippen molar-refractivity contribution in [3.05, 3.63) is 60.3 Å². The molecule has 1 aromatic carbocycles. The van der Waals surface area contributed by atoms with Gasteiger partial charge in [0, 0.05) is 30.6 Å². The van der Waals surface area contributed by atoms with Gasteiger partial charge in [-0.1, -0.05) is 18.2 Å². The second-order valence-electron chi connectivity index (χ2n) is 7.88. The van der Waals surface area contributed by atoms with Crippen molar-refractivity contribution >= 4 is 28.4 Å². The number of aromatic nitrogens is 5. The molecule has 5 rings (SSSR count). The first kappa shape index (κ1) is 25.7. The van der Waals surface area contributed by atoms with Crippen molar-refractivity contribution in [1.82, 2.24) is 29.9 Å². The number of carboxylic acids is 1. The molecule has 1 amide bonds. The Labute approximate surface area is 204 Å². The van der Waals surface area contributed by atoms with Crippen molar-refractivity contribution in [2.24, 2.45) is 0 Å². The molecule has 1 unspecified atom stereocenters. The van der Waals surface area contributed by atoms with E-state index in [9.17, 15) is 26.7 Å². The van der Waals surface area contributed by atoms with Crippen molar-refractivity contribution in [1.29, 1.82) is 0 Å². The number of hydrogen-bond donors (Lipinski definition) is 1. The van der Waals surface area contributed by atoms with Gasteiger partial charge in [0.15, 0.2) is 11.8 Å². The summed E-state index contributed by atoms with van der Waals surface area (Å²) >= 11 is 0. The summed E-state index contributed by atoms with van der Waals surface area (Å²) in [7, 11) is 0. The lowest BCUT2D eigenvalue weighted by molar-refractivity contribution is -0.192. The Kier molecular flexibility index (Phi) is 6.87. The van der Waals surface area contributed by atoms with E-state index >= 15 is 0 Å². The van der Waals surface area contributed by atoms with Crippen LogP contribution in [0.1, 0.15) is 16.8 Å². The zero-order valence-corrected chi connectivity index (χ0v) is 18.6. The maximum Gasteiger partial charge on any atom is 0.490 e. The van der Waals surface area contributed by atoms with Crippen LogP contribution in [0.15, 0.2) is 54.7 Å². The predicted molar refractivity (Wildman–Crippen MR) is 116 cm³/mol. The number of carbonyl (C=O) groups is 2. The third-order valence-electron chi connectivity index (χ3n) is 5.39. The highest BCUT2D eigenvalue weighted by Gasteiger charge is 2.47. The number of benzene rings is 1. The first-order valence-corrected chi connectivity index (χ1v) is 10.6. The third kappa shape index (κ3) is 5.70. The number of nitrogens with zero attached hydrogens (tertiary/aromatic N) is 6. The topological polar surface area (TPSA) is 123 Å². The molecule has 1 saturated heterocycles. The zero-order chi connectivity index (χ0) is 26.8. The minimum atomic E-state index is -5.08. The molecule has 1 N–H and O–H groups in total. The van der Waals surface area contributed by atoms with Gasteiger partial charge in [0.1, 0.15) is 0 Å². The standard InChI is InChI=1S/C20H16F2N6O2.C2HF3O2/c21-20(22)9-11-27(19(29)14-5-3-10-28-18(14)24-25-26-28)12-16(20)30-17-8-7-13-4-1-2-6-15(13)23-17;3-2(4,5)1(6)7/h1-8,10,16H,9,11-12H2;(H,6,7). The van der Waals surface area contributed by atoms with E-state index in [1.807, 2.05) is 18.2 Å². The van der Waals surface area contributed by atoms with Crippen molar-refractivity contribution < 1.29 is 41.4 Å². The molecule has 1 fully saturated rings. The van der Waals surface area contributed by atoms with Crippen LogP contribution in [0, 0.1) is 0 Å². The highest BCUT2D eigenvalue weighted by atomic mass is 19.4. The van der Waals surface area contributed by atoms with Crippen LogP contribution in [0.3, 0.4) is 0 Å². The van der Waals surface area contributed by atoms with Gasteiger partial charge in [0.05, 0.1) is 17.6 Å². The molecule has 0 bridgehead atoms. The molecular weight excluding hydrogens is 507 g/mol. The molecular formula is C22H17F5N6O4. The molecule has 1 aliphatic rings. The van der Waals surface area contributed by atoms with Gasteiger partial charge in [-0.15, -0.1) is 5.10 Å². The number of para-hydroxylation sites is 1. The number of alkyl halides is 5. The summed E-state index contributed by atoms with van der Waals surface area (Å²) in [6.07, 6.45) is -5.50. The molecule has 4 aromatic rings. The Morgan fingerprint density at radius 2 is 1.81 bits per heavy atom. The summed E-state index contributed by atoms with van der Waals surface area (Å²) in [5.41, 5.74) is 1.16. The van der Waals surface area contributed by atoms with Gasteiger partial charge in [-0.2, -0.15) is 17.7 Å². The number of piperidine rings is 1. The van der Waals surface area contributed by atoms with E-state index in [2.05, 4.69) is 20.5 Å². The average molecular weight is 524 g/mol. The minimum absolute atomic E-state index is 0.0939. The number of fused-ring (bicyclic) bond motifs is 2. The number of rotatable bonds is 3. The van der Waals surface area contributed by atoms with Gasteiger partial charge in [-0.25, -0.2) is 18.6 Å². The van der Waals surface area contributed by atoms with E-state index in [0.29, 0.717) is 5.52 Å². The molecule has 0 spiro atoms. The van der Waals surface area contributed by atoms with Crippen molar-refractivity contribution in [3.8, 4) is 5.88 Å². The monoisotopic (exact) mass is 524 g/mol. The number of tetrazole rings is 1. The zero-order valence-electron chi connectivity index (χ0n) is 18.6. The molecule has 3 aromatic heterocycles. The Bertz CT molecular complexity index is 1440. The van der Waals surface area contributed by atoms with E-state index in [4.69, 9.17) is 14.6 Å². The van der Waals surface area contributed by atoms with Crippen LogP contribution < -0.4 is 4.74 Å². The molecule has 15 heteroatoms. The summed E-state index contributed by atoms with van der Waals surface area (Å²) in [5, 5.41) is 19.2. The SMILES string of the molecule is O=C(O)C(F)(F)F.O=C(c1cccn2nnnc12)N1CCC(F)(F)C(Oc2ccc3ccccc3n2)C1. The van der Waals surface area contributed by atoms with Crippen LogP contribution in [0.2, 0.25) is 0 Å². The highest BCUT2D eigenvalue weighted by molar-refractivity contribution is 5.99. The number of likely N-dealkylation sites (tertiary alicyclic amines) is 1. The van der Waals surface area contributed by atoms with Gasteiger partial charge >= 0.3 is 12.1 Å². The number of aliphatic carboxylic acids is 1. The predicted octanol–water partition coefficient (Wildman–Crippen LogP) is 3.23. The smallest absolute Gasteiger partial charge is 0.475 e. The van der Waals surface area contributed by atoms with Crippen molar-refractivity contribution in [3.63, 3.8) is 0 Å². The van der Waals surface area contributed by atoms with Crippen molar-refractivity contribution in [2.75, 3.05) is 13.1 Å². The molecule has 1 aliphatic heterocycles. The first-order valence-electron chi connectivity index (χ1n) is 10.6. The Morgan fingerprint density at radius 3 is 2.54 bits per heavy atom. The lowest BCUT2D eigenvalue weighted by Crippen LogP contribution is -2.55. The second kappa shape index (κ2) is 9.91. The first-order chi connectivity index (χ1) is 17.5. The van der Waals surface area contributed by atoms with E-state index < -0.39 is 36.5 Å². The number of carbonyl (C=O) groups excluding carboxylic acids is 1. The normalized spacial score (nSPS) is 17.2. The molecule has 194 valence electrons. The molecule has 0 aliphatic carbocycles. The van der Waals surface area contributed by atoms with Gasteiger partial charge in [-0.05, 0) is 34.7 Å². The van der Waals surface area contributed by atoms with E-state index in [1.165, 1.54) is 9.42 Å². The Balaban J connectivity index is 0.000000405. The summed E-state index contributed by atoms with van der Waals surface area (Å²) in [5.74, 6) is -6.18. The number of amides is 1. The molecule has 1 atom stereocenters. The van der Waals surface area contributed by atoms with Crippen LogP contribution in [0.4, 0.5) is 22.0 Å². The Hall–Kier alpha value is -4.43. The van der Waals surface area contributed by atoms with Crippen LogP contribution in [-0.2, 0) is 4.79 Å². The maximum absolute atomic E-state index is 14.6.